The number of nitriles is 1. The van der Waals surface area contributed by atoms with Gasteiger partial charge >= 0.3 is 0 Å². The molecule has 1 aromatic carbocycles. The van der Waals surface area contributed by atoms with E-state index in [4.69, 9.17) is 0 Å². The topological polar surface area (TPSA) is 67.4 Å². The minimum absolute atomic E-state index is 0.421. The predicted molar refractivity (Wildman–Crippen MR) is 74.9 cm³/mol. The van der Waals surface area contributed by atoms with Gasteiger partial charge in [0.25, 0.3) is 0 Å². The first-order chi connectivity index (χ1) is 9.70. The minimum Gasteiger partial charge on any atom is -0.331 e. The second kappa shape index (κ2) is 4.74. The quantitative estimate of drug-likeness (QED) is 0.711. The first kappa shape index (κ1) is 12.3. The van der Waals surface area contributed by atoms with Crippen molar-refractivity contribution >= 4 is 11.0 Å². The van der Waals surface area contributed by atoms with Gasteiger partial charge in [-0.05, 0) is 24.6 Å². The van der Waals surface area contributed by atoms with E-state index < -0.39 is 5.92 Å². The largest absolute Gasteiger partial charge is 0.331 e. The van der Waals surface area contributed by atoms with E-state index in [9.17, 15) is 5.26 Å². The van der Waals surface area contributed by atoms with Gasteiger partial charge in [0.1, 0.15) is 11.7 Å². The van der Waals surface area contributed by atoms with Crippen LogP contribution in [0.4, 0.5) is 0 Å². The average molecular weight is 263 g/mol. The molecule has 1 atom stereocenters. The van der Waals surface area contributed by atoms with Crippen LogP contribution in [0.25, 0.3) is 11.0 Å². The van der Waals surface area contributed by atoms with Crippen molar-refractivity contribution in [3.8, 4) is 6.07 Å². The van der Waals surface area contributed by atoms with Gasteiger partial charge in [0.05, 0.1) is 29.0 Å². The molecule has 0 N–H and O–H groups in total. The summed E-state index contributed by atoms with van der Waals surface area (Å²) >= 11 is 0. The Hall–Kier alpha value is -2.74. The van der Waals surface area contributed by atoms with E-state index >= 15 is 0 Å². The first-order valence-electron chi connectivity index (χ1n) is 6.29. The van der Waals surface area contributed by atoms with Gasteiger partial charge in [-0.1, -0.05) is 6.07 Å². The molecule has 5 heteroatoms. The lowest BCUT2D eigenvalue weighted by atomic mass is 9.97. The van der Waals surface area contributed by atoms with Gasteiger partial charge in [-0.15, -0.1) is 0 Å². The van der Waals surface area contributed by atoms with Crippen LogP contribution in [0.15, 0.2) is 36.8 Å². The standard InChI is InChI=1S/C15H13N5/c1-10-19-13-7-11(3-4-15(13)20(10)2)12(8-16)14-9-17-5-6-18-14/h3-7,9,12H,1-2H3. The lowest BCUT2D eigenvalue weighted by molar-refractivity contribution is 0.886. The van der Waals surface area contributed by atoms with Crippen molar-refractivity contribution in [2.75, 3.05) is 0 Å². The monoisotopic (exact) mass is 263 g/mol. The molecule has 2 aromatic heterocycles. The van der Waals surface area contributed by atoms with E-state index in [-0.39, 0.29) is 0 Å². The molecule has 3 aromatic rings. The third-order valence-corrected chi connectivity index (χ3v) is 3.47. The van der Waals surface area contributed by atoms with E-state index in [0.717, 1.165) is 22.4 Å². The molecule has 5 nitrogen and oxygen atoms in total. The van der Waals surface area contributed by atoms with E-state index in [1.54, 1.807) is 18.6 Å². The summed E-state index contributed by atoms with van der Waals surface area (Å²) in [4.78, 5) is 12.7. The zero-order chi connectivity index (χ0) is 14.1. The maximum Gasteiger partial charge on any atom is 0.115 e. The van der Waals surface area contributed by atoms with E-state index in [1.165, 1.54) is 0 Å². The van der Waals surface area contributed by atoms with Crippen molar-refractivity contribution in [3.63, 3.8) is 0 Å². The fourth-order valence-corrected chi connectivity index (χ4v) is 2.29. The highest BCUT2D eigenvalue weighted by atomic mass is 15.0. The highest BCUT2D eigenvalue weighted by Crippen LogP contribution is 2.25. The molecular weight excluding hydrogens is 250 g/mol. The van der Waals surface area contributed by atoms with Crippen LogP contribution in [-0.2, 0) is 7.05 Å². The zero-order valence-electron chi connectivity index (χ0n) is 11.3. The second-order valence-corrected chi connectivity index (χ2v) is 4.66. The van der Waals surface area contributed by atoms with Gasteiger partial charge in [-0.2, -0.15) is 5.26 Å². The van der Waals surface area contributed by atoms with Crippen LogP contribution in [0.5, 0.6) is 0 Å². The minimum atomic E-state index is -0.421. The number of rotatable bonds is 2. The van der Waals surface area contributed by atoms with Gasteiger partial charge < -0.3 is 4.57 Å². The average Bonchev–Trinajstić information content (AvgIpc) is 2.76. The fraction of sp³-hybridized carbons (Fsp3) is 0.200. The van der Waals surface area contributed by atoms with Crippen LogP contribution < -0.4 is 0 Å². The third-order valence-electron chi connectivity index (χ3n) is 3.47. The molecule has 0 aliphatic heterocycles. The van der Waals surface area contributed by atoms with Crippen molar-refractivity contribution in [3.05, 3.63) is 53.9 Å². The zero-order valence-corrected chi connectivity index (χ0v) is 11.3. The highest BCUT2D eigenvalue weighted by Gasteiger charge is 2.16. The molecule has 0 bridgehead atoms. The molecule has 0 radical (unpaired) electrons. The number of hydrogen-bond acceptors (Lipinski definition) is 4. The molecule has 0 spiro atoms. The van der Waals surface area contributed by atoms with Crippen LogP contribution in [0.3, 0.4) is 0 Å². The maximum atomic E-state index is 9.42. The Morgan fingerprint density at radius 1 is 1.30 bits per heavy atom. The Labute approximate surface area is 116 Å². The van der Waals surface area contributed by atoms with E-state index in [2.05, 4.69) is 21.0 Å². The summed E-state index contributed by atoms with van der Waals surface area (Å²) in [6, 6.07) is 8.17. The van der Waals surface area contributed by atoms with E-state index in [1.807, 2.05) is 36.7 Å². The van der Waals surface area contributed by atoms with E-state index in [0.29, 0.717) is 5.69 Å². The molecule has 0 aliphatic carbocycles. The summed E-state index contributed by atoms with van der Waals surface area (Å²) in [5.41, 5.74) is 3.49. The van der Waals surface area contributed by atoms with Gasteiger partial charge in [-0.25, -0.2) is 4.98 Å². The number of fused-ring (bicyclic) bond motifs is 1. The van der Waals surface area contributed by atoms with Crippen molar-refractivity contribution in [1.82, 2.24) is 19.5 Å². The molecule has 20 heavy (non-hydrogen) atoms. The van der Waals surface area contributed by atoms with Crippen LogP contribution in [0, 0.1) is 18.3 Å². The molecule has 0 aliphatic rings. The van der Waals surface area contributed by atoms with Crippen molar-refractivity contribution in [2.45, 2.75) is 12.8 Å². The highest BCUT2D eigenvalue weighted by molar-refractivity contribution is 5.77. The summed E-state index contributed by atoms with van der Waals surface area (Å²) in [7, 11) is 1.98. The SMILES string of the molecule is Cc1nc2cc(C(C#N)c3cnccn3)ccc2n1C. The van der Waals surface area contributed by atoms with Gasteiger partial charge in [0, 0.05) is 19.4 Å². The lowest BCUT2D eigenvalue weighted by Gasteiger charge is -2.08. The number of nitrogens with zero attached hydrogens (tertiary/aromatic N) is 5. The molecule has 98 valence electrons. The fourth-order valence-electron chi connectivity index (χ4n) is 2.29. The Balaban J connectivity index is 2.12. The number of hydrogen-bond donors (Lipinski definition) is 0. The summed E-state index contributed by atoms with van der Waals surface area (Å²) < 4.78 is 2.03. The Kier molecular flexibility index (Phi) is 2.92. The molecule has 1 unspecified atom stereocenters. The number of aromatic nitrogens is 4. The van der Waals surface area contributed by atoms with Crippen molar-refractivity contribution in [1.29, 1.82) is 5.26 Å². The molecule has 0 amide bonds. The van der Waals surface area contributed by atoms with Gasteiger partial charge in [-0.3, -0.25) is 9.97 Å². The van der Waals surface area contributed by atoms with Crippen LogP contribution in [-0.4, -0.2) is 19.5 Å². The summed E-state index contributed by atoms with van der Waals surface area (Å²) in [6.45, 7) is 1.96. The molecule has 3 rings (SSSR count). The molecule has 2 heterocycles. The number of aryl methyl sites for hydroxylation is 2. The van der Waals surface area contributed by atoms with Gasteiger partial charge in [0.15, 0.2) is 0 Å². The van der Waals surface area contributed by atoms with Crippen molar-refractivity contribution in [2.24, 2.45) is 7.05 Å². The summed E-state index contributed by atoms with van der Waals surface area (Å²) in [6.07, 6.45) is 4.83. The number of imidazole rings is 1. The lowest BCUT2D eigenvalue weighted by Crippen LogP contribution is -2.01. The van der Waals surface area contributed by atoms with Crippen LogP contribution >= 0.6 is 0 Å². The molecule has 0 fully saturated rings. The normalized spacial score (nSPS) is 12.2. The van der Waals surface area contributed by atoms with Gasteiger partial charge in [0.2, 0.25) is 0 Å². The molecule has 0 saturated heterocycles. The predicted octanol–water partition coefficient (Wildman–Crippen LogP) is 2.33. The first-order valence-corrected chi connectivity index (χ1v) is 6.29. The Morgan fingerprint density at radius 3 is 2.85 bits per heavy atom. The molecular formula is C15H13N5. The summed E-state index contributed by atoms with van der Waals surface area (Å²) in [5.74, 6) is 0.528. The van der Waals surface area contributed by atoms with Crippen molar-refractivity contribution < 1.29 is 0 Å². The summed E-state index contributed by atoms with van der Waals surface area (Å²) in [5, 5.41) is 9.42. The number of benzene rings is 1. The Morgan fingerprint density at radius 2 is 2.15 bits per heavy atom. The van der Waals surface area contributed by atoms with Crippen LogP contribution in [0.2, 0.25) is 0 Å². The Bertz CT molecular complexity index is 798. The smallest absolute Gasteiger partial charge is 0.115 e. The second-order valence-electron chi connectivity index (χ2n) is 4.66. The van der Waals surface area contributed by atoms with Crippen LogP contribution in [0.1, 0.15) is 23.0 Å². The maximum absolute atomic E-state index is 9.42. The third kappa shape index (κ3) is 1.91. The molecule has 0 saturated carbocycles.